The maximum absolute atomic E-state index is 6.16. The Morgan fingerprint density at radius 2 is 2.05 bits per heavy atom. The molecule has 2 fully saturated rings. The fourth-order valence-electron chi connectivity index (χ4n) is 3.94. The monoisotopic (exact) mass is 306 g/mol. The number of hydrogen-bond acceptors (Lipinski definition) is 2. The maximum Gasteiger partial charge on any atom is 0.0409 e. The van der Waals surface area contributed by atoms with Crippen LogP contribution >= 0.6 is 11.6 Å². The van der Waals surface area contributed by atoms with Crippen molar-refractivity contribution < 1.29 is 0 Å². The third kappa shape index (κ3) is 3.13. The van der Waals surface area contributed by atoms with Crippen molar-refractivity contribution in [2.45, 2.75) is 63.6 Å². The van der Waals surface area contributed by atoms with Gasteiger partial charge in [-0.15, -0.1) is 0 Å². The number of nitrogens with one attached hydrogen (secondary N) is 1. The van der Waals surface area contributed by atoms with Crippen LogP contribution in [0.15, 0.2) is 24.3 Å². The lowest BCUT2D eigenvalue weighted by molar-refractivity contribution is 0.00779. The second-order valence-corrected chi connectivity index (χ2v) is 7.61. The second-order valence-electron chi connectivity index (χ2n) is 7.18. The molecule has 0 amide bonds. The summed E-state index contributed by atoms with van der Waals surface area (Å²) >= 11 is 6.16. The highest BCUT2D eigenvalue weighted by Crippen LogP contribution is 2.37. The molecule has 2 aliphatic rings. The zero-order valence-corrected chi connectivity index (χ0v) is 14.0. The summed E-state index contributed by atoms with van der Waals surface area (Å²) in [5.74, 6) is 0. The van der Waals surface area contributed by atoms with Gasteiger partial charge in [0.25, 0.3) is 0 Å². The van der Waals surface area contributed by atoms with Crippen LogP contribution in [0.2, 0.25) is 5.02 Å². The standard InChI is InChI=1S/C18H27ClN2/c1-3-17(2)13-20-18(9-4-5-10-18)14-21(17)12-15-7-6-8-16(19)11-15/h6-8,11,20H,3-5,9-10,12-14H2,1-2H3. The Labute approximate surface area is 133 Å². The van der Waals surface area contributed by atoms with E-state index in [0.29, 0.717) is 5.54 Å². The molecule has 1 aliphatic heterocycles. The Bertz CT molecular complexity index is 496. The number of halogens is 1. The molecular formula is C18H27ClN2. The van der Waals surface area contributed by atoms with Gasteiger partial charge in [0.1, 0.15) is 0 Å². The van der Waals surface area contributed by atoms with E-state index in [9.17, 15) is 0 Å². The zero-order valence-electron chi connectivity index (χ0n) is 13.3. The molecule has 0 bridgehead atoms. The molecular weight excluding hydrogens is 280 g/mol. The molecule has 1 aromatic carbocycles. The van der Waals surface area contributed by atoms with E-state index in [1.54, 1.807) is 0 Å². The van der Waals surface area contributed by atoms with E-state index in [-0.39, 0.29) is 5.54 Å². The number of rotatable bonds is 3. The van der Waals surface area contributed by atoms with E-state index in [0.717, 1.165) is 18.1 Å². The lowest BCUT2D eigenvalue weighted by Crippen LogP contribution is -2.67. The molecule has 1 aromatic rings. The Hall–Kier alpha value is -0.570. The van der Waals surface area contributed by atoms with Crippen molar-refractivity contribution in [1.29, 1.82) is 0 Å². The Kier molecular flexibility index (Phi) is 4.31. The maximum atomic E-state index is 6.16. The largest absolute Gasteiger partial charge is 0.308 e. The molecule has 1 heterocycles. The van der Waals surface area contributed by atoms with Crippen LogP contribution in [0.25, 0.3) is 0 Å². The summed E-state index contributed by atoms with van der Waals surface area (Å²) in [7, 11) is 0. The van der Waals surface area contributed by atoms with Gasteiger partial charge in [0.15, 0.2) is 0 Å². The van der Waals surface area contributed by atoms with Crippen molar-refractivity contribution in [2.24, 2.45) is 0 Å². The predicted octanol–water partition coefficient (Wildman–Crippen LogP) is 4.23. The number of hydrogen-bond donors (Lipinski definition) is 1. The second kappa shape index (κ2) is 5.91. The fourth-order valence-corrected chi connectivity index (χ4v) is 4.15. The van der Waals surface area contributed by atoms with Crippen LogP contribution in [0.3, 0.4) is 0 Å². The van der Waals surface area contributed by atoms with Crippen LogP contribution in [0.1, 0.15) is 51.5 Å². The minimum absolute atomic E-state index is 0.246. The summed E-state index contributed by atoms with van der Waals surface area (Å²) in [5, 5.41) is 4.74. The lowest BCUT2D eigenvalue weighted by Gasteiger charge is -2.52. The van der Waals surface area contributed by atoms with E-state index in [1.165, 1.54) is 44.2 Å². The van der Waals surface area contributed by atoms with Crippen LogP contribution in [0.4, 0.5) is 0 Å². The van der Waals surface area contributed by atoms with Gasteiger partial charge in [-0.2, -0.15) is 0 Å². The third-order valence-electron chi connectivity index (χ3n) is 5.69. The minimum Gasteiger partial charge on any atom is -0.308 e. The van der Waals surface area contributed by atoms with E-state index in [1.807, 2.05) is 6.07 Å². The molecule has 1 saturated carbocycles. The van der Waals surface area contributed by atoms with Gasteiger partial charge in [-0.1, -0.05) is 43.5 Å². The van der Waals surface area contributed by atoms with Gasteiger partial charge in [0.2, 0.25) is 0 Å². The van der Waals surface area contributed by atoms with Crippen molar-refractivity contribution in [3.63, 3.8) is 0 Å². The minimum atomic E-state index is 0.246. The van der Waals surface area contributed by atoms with Gasteiger partial charge < -0.3 is 5.32 Å². The SMILES string of the molecule is CCC1(C)CNC2(CCCC2)CN1Cc1cccc(Cl)c1. The molecule has 116 valence electrons. The quantitative estimate of drug-likeness (QED) is 0.899. The van der Waals surface area contributed by atoms with Crippen molar-refractivity contribution >= 4 is 11.6 Å². The van der Waals surface area contributed by atoms with Crippen molar-refractivity contribution in [3.8, 4) is 0 Å². The van der Waals surface area contributed by atoms with Crippen LogP contribution in [0, 0.1) is 0 Å². The van der Waals surface area contributed by atoms with Crippen LogP contribution in [-0.2, 0) is 6.54 Å². The fraction of sp³-hybridized carbons (Fsp3) is 0.667. The number of nitrogens with zero attached hydrogens (tertiary/aromatic N) is 1. The first-order chi connectivity index (χ1) is 10.1. The van der Waals surface area contributed by atoms with E-state index < -0.39 is 0 Å². The van der Waals surface area contributed by atoms with Gasteiger partial charge in [-0.05, 0) is 43.9 Å². The average Bonchev–Trinajstić information content (AvgIpc) is 2.92. The topological polar surface area (TPSA) is 15.3 Å². The average molecular weight is 307 g/mol. The summed E-state index contributed by atoms with van der Waals surface area (Å²) < 4.78 is 0. The summed E-state index contributed by atoms with van der Waals surface area (Å²) in [6.45, 7) is 7.98. The van der Waals surface area contributed by atoms with Gasteiger partial charge in [0, 0.05) is 35.7 Å². The summed E-state index contributed by atoms with van der Waals surface area (Å²) in [5.41, 5.74) is 1.95. The molecule has 3 heteroatoms. The predicted molar refractivity (Wildman–Crippen MR) is 89.8 cm³/mol. The first-order valence-electron chi connectivity index (χ1n) is 8.30. The molecule has 3 rings (SSSR count). The molecule has 0 radical (unpaired) electrons. The molecule has 1 N–H and O–H groups in total. The Morgan fingerprint density at radius 1 is 1.29 bits per heavy atom. The van der Waals surface area contributed by atoms with Gasteiger partial charge in [-0.3, -0.25) is 4.90 Å². The van der Waals surface area contributed by atoms with Gasteiger partial charge >= 0.3 is 0 Å². The first kappa shape index (κ1) is 15.3. The summed E-state index contributed by atoms with van der Waals surface area (Å²) in [4.78, 5) is 2.69. The Morgan fingerprint density at radius 3 is 2.71 bits per heavy atom. The molecule has 1 unspecified atom stereocenters. The number of piperazine rings is 1. The molecule has 2 nitrogen and oxygen atoms in total. The summed E-state index contributed by atoms with van der Waals surface area (Å²) in [6.07, 6.45) is 6.59. The van der Waals surface area contributed by atoms with Gasteiger partial charge in [0.05, 0.1) is 0 Å². The van der Waals surface area contributed by atoms with E-state index >= 15 is 0 Å². The normalized spacial score (nSPS) is 29.1. The van der Waals surface area contributed by atoms with Gasteiger partial charge in [-0.25, -0.2) is 0 Å². The van der Waals surface area contributed by atoms with Crippen molar-refractivity contribution in [1.82, 2.24) is 10.2 Å². The van der Waals surface area contributed by atoms with E-state index in [4.69, 9.17) is 11.6 Å². The first-order valence-corrected chi connectivity index (χ1v) is 8.68. The molecule has 0 aromatic heterocycles. The van der Waals surface area contributed by atoms with Crippen LogP contribution < -0.4 is 5.32 Å². The summed E-state index contributed by atoms with van der Waals surface area (Å²) in [6, 6.07) is 8.33. The number of benzene rings is 1. The molecule has 1 saturated heterocycles. The highest BCUT2D eigenvalue weighted by molar-refractivity contribution is 6.30. The smallest absolute Gasteiger partial charge is 0.0409 e. The zero-order chi connectivity index (χ0) is 14.9. The van der Waals surface area contributed by atoms with E-state index in [2.05, 4.69) is 42.3 Å². The van der Waals surface area contributed by atoms with Crippen molar-refractivity contribution in [3.05, 3.63) is 34.9 Å². The van der Waals surface area contributed by atoms with Crippen LogP contribution in [0.5, 0.6) is 0 Å². The lowest BCUT2D eigenvalue weighted by atomic mass is 9.84. The molecule has 21 heavy (non-hydrogen) atoms. The highest BCUT2D eigenvalue weighted by atomic mass is 35.5. The third-order valence-corrected chi connectivity index (χ3v) is 5.92. The highest BCUT2D eigenvalue weighted by Gasteiger charge is 2.45. The molecule has 1 atom stereocenters. The van der Waals surface area contributed by atoms with Crippen LogP contribution in [-0.4, -0.2) is 29.1 Å². The molecule has 1 aliphatic carbocycles. The molecule has 1 spiro atoms. The Balaban J connectivity index is 1.80. The van der Waals surface area contributed by atoms with Crippen molar-refractivity contribution in [2.75, 3.05) is 13.1 Å².